The number of nitrogens with zero attached hydrogens (tertiary/aromatic N) is 4. The third-order valence-electron chi connectivity index (χ3n) is 1.75. The Labute approximate surface area is 90.7 Å². The largest absolute Gasteiger partial charge is 0.471 e. The first-order valence-corrected chi connectivity index (χ1v) is 4.51. The topological polar surface area (TPSA) is 70.9 Å². The molecule has 0 unspecified atom stereocenters. The molecule has 0 aliphatic heterocycles. The van der Waals surface area contributed by atoms with Crippen molar-refractivity contribution in [3.05, 3.63) is 33.8 Å². The van der Waals surface area contributed by atoms with E-state index in [-0.39, 0.29) is 12.4 Å². The van der Waals surface area contributed by atoms with E-state index >= 15 is 0 Å². The molecule has 1 aromatic rings. The van der Waals surface area contributed by atoms with Gasteiger partial charge in [0.1, 0.15) is 0 Å². The van der Waals surface area contributed by atoms with Gasteiger partial charge >= 0.3 is 0 Å². The molecule has 0 fully saturated rings. The molecule has 0 saturated carbocycles. The highest BCUT2D eigenvalue weighted by Crippen LogP contribution is 2.16. The molecule has 0 atom stereocenters. The summed E-state index contributed by atoms with van der Waals surface area (Å²) < 4.78 is 28.6. The summed E-state index contributed by atoms with van der Waals surface area (Å²) in [4.78, 5) is 6.47. The zero-order valence-corrected chi connectivity index (χ0v) is 8.60. The van der Waals surface area contributed by atoms with Crippen LogP contribution in [0.1, 0.15) is 11.1 Å². The number of azide groups is 1. The average Bonchev–Trinajstić information content (AvgIpc) is 2.24. The molecule has 0 N–H and O–H groups in total. The van der Waals surface area contributed by atoms with E-state index in [9.17, 15) is 8.78 Å². The van der Waals surface area contributed by atoms with Gasteiger partial charge in [-0.2, -0.15) is 0 Å². The zero-order chi connectivity index (χ0) is 12.0. The Bertz CT molecular complexity index is 404. The van der Waals surface area contributed by atoms with Crippen LogP contribution in [0.15, 0.2) is 17.4 Å². The van der Waals surface area contributed by atoms with Crippen LogP contribution in [-0.4, -0.2) is 18.0 Å². The molecule has 0 amide bonds. The van der Waals surface area contributed by atoms with Crippen LogP contribution in [0.25, 0.3) is 10.4 Å². The SMILES string of the molecule is Cc1cc(CN=[N+]=[N-])cnc1OCC(F)F. The molecule has 0 aliphatic carbocycles. The number of pyridine rings is 1. The predicted molar refractivity (Wildman–Crippen MR) is 53.3 cm³/mol. The maximum Gasteiger partial charge on any atom is 0.272 e. The van der Waals surface area contributed by atoms with Gasteiger partial charge in [0.2, 0.25) is 5.88 Å². The highest BCUT2D eigenvalue weighted by molar-refractivity contribution is 5.28. The maximum atomic E-state index is 11.9. The van der Waals surface area contributed by atoms with Gasteiger partial charge in [0.05, 0.1) is 6.54 Å². The zero-order valence-electron chi connectivity index (χ0n) is 8.60. The van der Waals surface area contributed by atoms with Gasteiger partial charge in [-0.15, -0.1) is 0 Å². The summed E-state index contributed by atoms with van der Waals surface area (Å²) in [6, 6.07) is 1.68. The van der Waals surface area contributed by atoms with E-state index in [1.165, 1.54) is 6.20 Å². The minimum absolute atomic E-state index is 0.171. The molecule has 1 rings (SSSR count). The van der Waals surface area contributed by atoms with Gasteiger partial charge in [-0.3, -0.25) is 0 Å². The van der Waals surface area contributed by atoms with Gasteiger partial charge in [-0.1, -0.05) is 5.11 Å². The third kappa shape index (κ3) is 3.70. The van der Waals surface area contributed by atoms with Crippen LogP contribution in [0.3, 0.4) is 0 Å². The molecule has 1 heterocycles. The first-order chi connectivity index (χ1) is 7.63. The van der Waals surface area contributed by atoms with Crippen LogP contribution >= 0.6 is 0 Å². The first-order valence-electron chi connectivity index (χ1n) is 4.51. The molecule has 7 heteroatoms. The molecule has 0 aromatic carbocycles. The van der Waals surface area contributed by atoms with Crippen molar-refractivity contribution >= 4 is 0 Å². The summed E-state index contributed by atoms with van der Waals surface area (Å²) >= 11 is 0. The van der Waals surface area contributed by atoms with E-state index in [0.29, 0.717) is 11.1 Å². The number of rotatable bonds is 5. The van der Waals surface area contributed by atoms with Crippen LogP contribution in [-0.2, 0) is 6.54 Å². The Morgan fingerprint density at radius 1 is 1.62 bits per heavy atom. The van der Waals surface area contributed by atoms with E-state index in [4.69, 9.17) is 10.3 Å². The predicted octanol–water partition coefficient (Wildman–Crippen LogP) is 2.84. The third-order valence-corrected chi connectivity index (χ3v) is 1.75. The summed E-state index contributed by atoms with van der Waals surface area (Å²) in [6.07, 6.45) is -1.09. The highest BCUT2D eigenvalue weighted by Gasteiger charge is 2.07. The van der Waals surface area contributed by atoms with Crippen molar-refractivity contribution in [2.45, 2.75) is 19.9 Å². The Balaban J connectivity index is 2.70. The van der Waals surface area contributed by atoms with Crippen molar-refractivity contribution in [3.8, 4) is 5.88 Å². The van der Waals surface area contributed by atoms with Crippen molar-refractivity contribution < 1.29 is 13.5 Å². The lowest BCUT2D eigenvalue weighted by Gasteiger charge is -2.07. The number of alkyl halides is 2. The van der Waals surface area contributed by atoms with Crippen LogP contribution < -0.4 is 4.74 Å². The van der Waals surface area contributed by atoms with Crippen molar-refractivity contribution in [2.24, 2.45) is 5.11 Å². The Kier molecular flexibility index (Phi) is 4.47. The van der Waals surface area contributed by atoms with Gasteiger partial charge in [-0.05, 0) is 24.1 Å². The summed E-state index contributed by atoms with van der Waals surface area (Å²) in [5.74, 6) is 0.171. The molecule has 0 spiro atoms. The van der Waals surface area contributed by atoms with Crippen molar-refractivity contribution in [3.63, 3.8) is 0 Å². The van der Waals surface area contributed by atoms with Gasteiger partial charge in [0, 0.05) is 16.7 Å². The number of aromatic nitrogens is 1. The molecular formula is C9H10F2N4O. The van der Waals surface area contributed by atoms with Gasteiger partial charge in [0.15, 0.2) is 6.61 Å². The maximum absolute atomic E-state index is 11.9. The lowest BCUT2D eigenvalue weighted by Crippen LogP contribution is -2.09. The van der Waals surface area contributed by atoms with Crippen LogP contribution in [0.5, 0.6) is 5.88 Å². The van der Waals surface area contributed by atoms with E-state index in [0.717, 1.165) is 0 Å². The monoisotopic (exact) mass is 228 g/mol. The summed E-state index contributed by atoms with van der Waals surface area (Å²) in [5, 5.41) is 3.37. The Morgan fingerprint density at radius 3 is 2.94 bits per heavy atom. The van der Waals surface area contributed by atoms with Crippen LogP contribution in [0, 0.1) is 6.92 Å². The summed E-state index contributed by atoms with van der Waals surface area (Å²) in [7, 11) is 0. The number of hydrogen-bond acceptors (Lipinski definition) is 3. The van der Waals surface area contributed by atoms with Crippen molar-refractivity contribution in [1.29, 1.82) is 0 Å². The fraction of sp³-hybridized carbons (Fsp3) is 0.444. The second-order valence-corrected chi connectivity index (χ2v) is 3.06. The van der Waals surface area contributed by atoms with Gasteiger partial charge in [0.25, 0.3) is 6.43 Å². The van der Waals surface area contributed by atoms with E-state index in [1.54, 1.807) is 13.0 Å². The number of aryl methyl sites for hydroxylation is 1. The fourth-order valence-electron chi connectivity index (χ4n) is 1.11. The summed E-state index contributed by atoms with van der Waals surface area (Å²) in [6.45, 7) is 1.19. The second-order valence-electron chi connectivity index (χ2n) is 3.06. The molecule has 86 valence electrons. The normalized spacial score (nSPS) is 10.0. The minimum Gasteiger partial charge on any atom is -0.471 e. The first kappa shape index (κ1) is 12.2. The minimum atomic E-state index is -2.52. The van der Waals surface area contributed by atoms with Crippen LogP contribution in [0.4, 0.5) is 8.78 Å². The quantitative estimate of drug-likeness (QED) is 0.441. The molecular weight excluding hydrogens is 218 g/mol. The molecule has 0 bridgehead atoms. The van der Waals surface area contributed by atoms with Gasteiger partial charge in [-0.25, -0.2) is 13.8 Å². The number of ether oxygens (including phenoxy) is 1. The molecule has 0 saturated heterocycles. The molecule has 0 aliphatic rings. The Morgan fingerprint density at radius 2 is 2.38 bits per heavy atom. The van der Waals surface area contributed by atoms with Crippen LogP contribution in [0.2, 0.25) is 0 Å². The average molecular weight is 228 g/mol. The van der Waals surface area contributed by atoms with E-state index in [1.807, 2.05) is 0 Å². The smallest absolute Gasteiger partial charge is 0.272 e. The van der Waals surface area contributed by atoms with Crippen molar-refractivity contribution in [1.82, 2.24) is 4.98 Å². The molecule has 1 aromatic heterocycles. The van der Waals surface area contributed by atoms with E-state index < -0.39 is 13.0 Å². The number of hydrogen-bond donors (Lipinski definition) is 0. The lowest BCUT2D eigenvalue weighted by molar-refractivity contribution is 0.0792. The lowest BCUT2D eigenvalue weighted by atomic mass is 10.2. The van der Waals surface area contributed by atoms with E-state index in [2.05, 4.69) is 15.0 Å². The highest BCUT2D eigenvalue weighted by atomic mass is 19.3. The Hall–Kier alpha value is -1.88. The molecule has 5 nitrogen and oxygen atoms in total. The number of halogens is 2. The fourth-order valence-corrected chi connectivity index (χ4v) is 1.11. The standard InChI is InChI=1S/C9H10F2N4O/c1-6-2-7(4-14-15-12)3-13-9(6)16-5-8(10)11/h2-3,8H,4-5H2,1H3. The van der Waals surface area contributed by atoms with Crippen molar-refractivity contribution in [2.75, 3.05) is 6.61 Å². The molecule has 0 radical (unpaired) electrons. The molecule has 16 heavy (non-hydrogen) atoms. The summed E-state index contributed by atoms with van der Waals surface area (Å²) in [5.41, 5.74) is 9.47. The van der Waals surface area contributed by atoms with Gasteiger partial charge < -0.3 is 4.74 Å². The second kappa shape index (κ2) is 5.87.